The molecule has 0 aliphatic heterocycles. The van der Waals surface area contributed by atoms with Crippen LogP contribution in [0.5, 0.6) is 0 Å². The van der Waals surface area contributed by atoms with E-state index in [0.29, 0.717) is 24.4 Å². The molecule has 0 radical (unpaired) electrons. The third kappa shape index (κ3) is 5.44. The van der Waals surface area contributed by atoms with Gasteiger partial charge in [-0.3, -0.25) is 9.78 Å². The van der Waals surface area contributed by atoms with Gasteiger partial charge >= 0.3 is 11.9 Å². The fraction of sp³-hybridized carbons (Fsp3) is 0.357. The highest BCUT2D eigenvalue weighted by atomic mass is 32.2. The molecule has 0 atom stereocenters. The summed E-state index contributed by atoms with van der Waals surface area (Å²) in [5, 5.41) is 1.62. The second-order valence-corrected chi connectivity index (χ2v) is 4.46. The number of hydrogen-bond donors (Lipinski definition) is 0. The normalized spacial score (nSPS) is 11.0. The maximum Gasteiger partial charge on any atom is 0.339 e. The molecule has 0 aliphatic carbocycles. The zero-order valence-electron chi connectivity index (χ0n) is 11.5. The molecule has 1 aromatic rings. The molecule has 5 nitrogen and oxygen atoms in total. The first-order chi connectivity index (χ1) is 9.69. The first-order valence-electron chi connectivity index (χ1n) is 6.24. The summed E-state index contributed by atoms with van der Waals surface area (Å²) in [6, 6.07) is 3.43. The van der Waals surface area contributed by atoms with Crippen LogP contribution in [0.3, 0.4) is 0 Å². The van der Waals surface area contributed by atoms with Crippen molar-refractivity contribution in [2.24, 2.45) is 0 Å². The molecule has 0 fully saturated rings. The number of rotatable bonds is 7. The third-order valence-electron chi connectivity index (χ3n) is 2.19. The maximum atomic E-state index is 11.9. The highest BCUT2D eigenvalue weighted by molar-refractivity contribution is 8.02. The lowest BCUT2D eigenvalue weighted by molar-refractivity contribution is -0.140. The van der Waals surface area contributed by atoms with E-state index in [1.807, 2.05) is 0 Å². The molecule has 1 aromatic heterocycles. The van der Waals surface area contributed by atoms with Gasteiger partial charge in [-0.2, -0.15) is 0 Å². The summed E-state index contributed by atoms with van der Waals surface area (Å²) >= 11 is 1.20. The average Bonchev–Trinajstić information content (AvgIpc) is 2.45. The first kappa shape index (κ1) is 16.2. The van der Waals surface area contributed by atoms with Crippen molar-refractivity contribution in [2.45, 2.75) is 13.8 Å². The molecule has 0 aromatic carbocycles. The quantitative estimate of drug-likeness (QED) is 0.568. The Hall–Kier alpha value is -1.82. The Labute approximate surface area is 122 Å². The Kier molecular flexibility index (Phi) is 7.42. The summed E-state index contributed by atoms with van der Waals surface area (Å²) in [6.45, 7) is 4.13. The number of ether oxygens (including phenoxy) is 2. The average molecular weight is 295 g/mol. The van der Waals surface area contributed by atoms with E-state index in [0.717, 1.165) is 0 Å². The molecule has 0 N–H and O–H groups in total. The third-order valence-corrected chi connectivity index (χ3v) is 3.00. The van der Waals surface area contributed by atoms with E-state index >= 15 is 0 Å². The van der Waals surface area contributed by atoms with Gasteiger partial charge in [0.15, 0.2) is 0 Å². The molecule has 108 valence electrons. The predicted molar refractivity (Wildman–Crippen MR) is 77.9 cm³/mol. The minimum absolute atomic E-state index is 0.155. The second kappa shape index (κ2) is 9.14. The molecule has 1 heterocycles. The van der Waals surface area contributed by atoms with Crippen molar-refractivity contribution in [3.05, 3.63) is 35.5 Å². The summed E-state index contributed by atoms with van der Waals surface area (Å²) in [4.78, 5) is 27.1. The van der Waals surface area contributed by atoms with E-state index in [4.69, 9.17) is 9.47 Å². The number of esters is 2. The van der Waals surface area contributed by atoms with E-state index in [2.05, 4.69) is 4.98 Å². The smallest absolute Gasteiger partial charge is 0.339 e. The molecule has 0 bridgehead atoms. The van der Waals surface area contributed by atoms with E-state index in [1.165, 1.54) is 11.8 Å². The molecular weight excluding hydrogens is 278 g/mol. The number of aromatic nitrogens is 1. The molecule has 0 amide bonds. The van der Waals surface area contributed by atoms with Crippen molar-refractivity contribution in [3.8, 4) is 0 Å². The summed E-state index contributed by atoms with van der Waals surface area (Å²) in [5.41, 5.74) is 1.11. The number of carbonyl (C=O) groups is 2. The van der Waals surface area contributed by atoms with Gasteiger partial charge in [-0.1, -0.05) is 0 Å². The Morgan fingerprint density at radius 1 is 1.20 bits per heavy atom. The van der Waals surface area contributed by atoms with E-state index < -0.39 is 5.97 Å². The number of nitrogens with zero attached hydrogens (tertiary/aromatic N) is 1. The number of carbonyl (C=O) groups excluding carboxylic acids is 2. The Bertz CT molecular complexity index is 473. The molecule has 0 saturated carbocycles. The van der Waals surface area contributed by atoms with Gasteiger partial charge in [-0.15, -0.1) is 11.8 Å². The summed E-state index contributed by atoms with van der Waals surface area (Å²) in [7, 11) is 0. The fourth-order valence-electron chi connectivity index (χ4n) is 1.37. The minimum atomic E-state index is -0.421. The SMILES string of the molecule is CCOC(=O)CS/C=C(\C(=O)OCC)c1ccncc1. The van der Waals surface area contributed by atoms with Gasteiger partial charge in [0.2, 0.25) is 0 Å². The highest BCUT2D eigenvalue weighted by Gasteiger charge is 2.13. The van der Waals surface area contributed by atoms with E-state index in [-0.39, 0.29) is 11.7 Å². The topological polar surface area (TPSA) is 65.5 Å². The van der Waals surface area contributed by atoms with Crippen molar-refractivity contribution in [1.29, 1.82) is 0 Å². The Morgan fingerprint density at radius 2 is 1.85 bits per heavy atom. The standard InChI is InChI=1S/C14H17NO4S/c1-3-18-13(16)10-20-9-12(14(17)19-4-2)11-5-7-15-8-6-11/h5-9H,3-4,10H2,1-2H3/b12-9-. The maximum absolute atomic E-state index is 11.9. The van der Waals surface area contributed by atoms with E-state index in [9.17, 15) is 9.59 Å². The van der Waals surface area contributed by atoms with Gasteiger partial charge in [-0.25, -0.2) is 4.79 Å². The zero-order valence-corrected chi connectivity index (χ0v) is 12.3. The lowest BCUT2D eigenvalue weighted by atomic mass is 10.1. The summed E-state index contributed by atoms with van der Waals surface area (Å²) in [6.07, 6.45) is 3.19. The predicted octanol–water partition coefficient (Wildman–Crippen LogP) is 2.28. The van der Waals surface area contributed by atoms with Crippen LogP contribution in [-0.4, -0.2) is 35.9 Å². The van der Waals surface area contributed by atoms with E-state index in [1.54, 1.807) is 43.8 Å². The highest BCUT2D eigenvalue weighted by Crippen LogP contribution is 2.20. The van der Waals surface area contributed by atoms with Crippen LogP contribution in [0.2, 0.25) is 0 Å². The van der Waals surface area contributed by atoms with Crippen LogP contribution in [-0.2, 0) is 19.1 Å². The van der Waals surface area contributed by atoms with Gasteiger partial charge in [0.25, 0.3) is 0 Å². The monoisotopic (exact) mass is 295 g/mol. The molecule has 0 unspecified atom stereocenters. The number of hydrogen-bond acceptors (Lipinski definition) is 6. The second-order valence-electron chi connectivity index (χ2n) is 3.60. The van der Waals surface area contributed by atoms with Gasteiger partial charge in [0.05, 0.1) is 24.5 Å². The molecule has 6 heteroatoms. The van der Waals surface area contributed by atoms with Crippen LogP contribution in [0.1, 0.15) is 19.4 Å². The van der Waals surface area contributed by atoms with Crippen molar-refractivity contribution >= 4 is 29.3 Å². The van der Waals surface area contributed by atoms with Crippen LogP contribution < -0.4 is 0 Å². The molecule has 0 aliphatic rings. The van der Waals surface area contributed by atoms with Gasteiger partial charge < -0.3 is 9.47 Å². The van der Waals surface area contributed by atoms with Gasteiger partial charge in [-0.05, 0) is 37.0 Å². The Balaban J connectivity index is 2.78. The fourth-order valence-corrected chi connectivity index (χ4v) is 2.07. The van der Waals surface area contributed by atoms with Crippen molar-refractivity contribution in [1.82, 2.24) is 4.98 Å². The largest absolute Gasteiger partial charge is 0.465 e. The summed E-state index contributed by atoms with van der Waals surface area (Å²) in [5.74, 6) is -0.580. The molecular formula is C14H17NO4S. The number of thioether (sulfide) groups is 1. The molecule has 0 saturated heterocycles. The van der Waals surface area contributed by atoms with Gasteiger partial charge in [0.1, 0.15) is 0 Å². The van der Waals surface area contributed by atoms with Crippen LogP contribution in [0.25, 0.3) is 5.57 Å². The van der Waals surface area contributed by atoms with Crippen LogP contribution in [0.4, 0.5) is 0 Å². The first-order valence-corrected chi connectivity index (χ1v) is 7.28. The van der Waals surface area contributed by atoms with Crippen LogP contribution in [0.15, 0.2) is 29.9 Å². The molecule has 0 spiro atoms. The zero-order chi connectivity index (χ0) is 14.8. The molecule has 1 rings (SSSR count). The van der Waals surface area contributed by atoms with Crippen molar-refractivity contribution in [3.63, 3.8) is 0 Å². The Morgan fingerprint density at radius 3 is 2.45 bits per heavy atom. The minimum Gasteiger partial charge on any atom is -0.465 e. The van der Waals surface area contributed by atoms with Gasteiger partial charge in [0, 0.05) is 12.4 Å². The van der Waals surface area contributed by atoms with Crippen LogP contribution >= 0.6 is 11.8 Å². The molecule has 20 heavy (non-hydrogen) atoms. The van der Waals surface area contributed by atoms with Crippen LogP contribution in [0, 0.1) is 0 Å². The van der Waals surface area contributed by atoms with Crippen molar-refractivity contribution < 1.29 is 19.1 Å². The summed E-state index contributed by atoms with van der Waals surface area (Å²) < 4.78 is 9.83. The number of pyridine rings is 1. The lowest BCUT2D eigenvalue weighted by Crippen LogP contribution is -2.08. The lowest BCUT2D eigenvalue weighted by Gasteiger charge is -2.07. The van der Waals surface area contributed by atoms with Crippen molar-refractivity contribution in [2.75, 3.05) is 19.0 Å².